The van der Waals surface area contributed by atoms with Crippen LogP contribution in [0.5, 0.6) is 0 Å². The van der Waals surface area contributed by atoms with Gasteiger partial charge in [0.25, 0.3) is 11.8 Å². The average molecular weight is 362 g/mol. The third-order valence-corrected chi connectivity index (χ3v) is 5.23. The van der Waals surface area contributed by atoms with Crippen molar-refractivity contribution < 1.29 is 14.3 Å². The smallest absolute Gasteiger partial charge is 0.289 e. The van der Waals surface area contributed by atoms with Crippen molar-refractivity contribution in [2.75, 3.05) is 33.4 Å². The number of hydrogen-bond acceptors (Lipinski definition) is 4. The third kappa shape index (κ3) is 4.26. The van der Waals surface area contributed by atoms with Gasteiger partial charge < -0.3 is 19.5 Å². The van der Waals surface area contributed by atoms with E-state index in [0.717, 1.165) is 63.9 Å². The molecule has 7 heteroatoms. The van der Waals surface area contributed by atoms with Gasteiger partial charge in [0.2, 0.25) is 0 Å². The Kier molecular flexibility index (Phi) is 6.66. The number of methoxy groups -OCH3 is 1. The van der Waals surface area contributed by atoms with Crippen molar-refractivity contribution in [1.29, 1.82) is 0 Å². The summed E-state index contributed by atoms with van der Waals surface area (Å²) in [5.74, 6) is 0.249. The van der Waals surface area contributed by atoms with Gasteiger partial charge in [0.05, 0.1) is 5.69 Å². The Morgan fingerprint density at radius 2 is 1.81 bits per heavy atom. The fraction of sp³-hybridized carbons (Fsp3) is 0.737. The van der Waals surface area contributed by atoms with E-state index < -0.39 is 0 Å². The maximum atomic E-state index is 13.1. The first-order chi connectivity index (χ1) is 12.7. The van der Waals surface area contributed by atoms with E-state index in [1.807, 2.05) is 9.47 Å². The highest BCUT2D eigenvalue weighted by atomic mass is 16.5. The van der Waals surface area contributed by atoms with Gasteiger partial charge in [-0.25, -0.2) is 4.98 Å². The number of carbonyl (C=O) groups excluding carboxylic acids is 2. The van der Waals surface area contributed by atoms with Crippen molar-refractivity contribution >= 4 is 11.8 Å². The van der Waals surface area contributed by atoms with Crippen LogP contribution in [0.25, 0.3) is 0 Å². The van der Waals surface area contributed by atoms with Crippen molar-refractivity contribution in [3.8, 4) is 0 Å². The molecule has 1 aromatic rings. The summed E-state index contributed by atoms with van der Waals surface area (Å²) in [6, 6.07) is 0. The summed E-state index contributed by atoms with van der Waals surface area (Å²) in [4.78, 5) is 32.1. The van der Waals surface area contributed by atoms with E-state index in [4.69, 9.17) is 4.74 Å². The molecule has 0 aliphatic carbocycles. The van der Waals surface area contributed by atoms with Crippen molar-refractivity contribution in [2.24, 2.45) is 0 Å². The van der Waals surface area contributed by atoms with Crippen LogP contribution in [0.3, 0.4) is 0 Å². The van der Waals surface area contributed by atoms with E-state index in [2.05, 4.69) is 10.3 Å². The van der Waals surface area contributed by atoms with Crippen LogP contribution in [-0.4, -0.2) is 59.6 Å². The maximum Gasteiger partial charge on any atom is 0.289 e. The molecule has 2 aliphatic rings. The molecule has 1 aromatic heterocycles. The molecular weight excluding hydrogens is 332 g/mol. The first-order valence-corrected chi connectivity index (χ1v) is 9.88. The van der Waals surface area contributed by atoms with E-state index in [1.165, 1.54) is 12.8 Å². The summed E-state index contributed by atoms with van der Waals surface area (Å²) < 4.78 is 7.00. The number of carbonyl (C=O) groups is 2. The van der Waals surface area contributed by atoms with E-state index in [9.17, 15) is 9.59 Å². The average Bonchev–Trinajstić information content (AvgIpc) is 2.84. The van der Waals surface area contributed by atoms with Crippen molar-refractivity contribution in [1.82, 2.24) is 19.8 Å². The zero-order valence-corrected chi connectivity index (χ0v) is 15.8. The van der Waals surface area contributed by atoms with Gasteiger partial charge in [-0.05, 0) is 38.5 Å². The number of ether oxygens (including phenoxy) is 1. The van der Waals surface area contributed by atoms with Gasteiger partial charge in [-0.1, -0.05) is 12.8 Å². The van der Waals surface area contributed by atoms with Crippen LogP contribution < -0.4 is 5.32 Å². The van der Waals surface area contributed by atoms with E-state index in [-0.39, 0.29) is 11.8 Å². The molecule has 3 rings (SSSR count). The molecule has 0 saturated carbocycles. The molecule has 2 aliphatic heterocycles. The summed E-state index contributed by atoms with van der Waals surface area (Å²) in [5, 5.41) is 2.91. The highest BCUT2D eigenvalue weighted by Gasteiger charge is 2.29. The van der Waals surface area contributed by atoms with E-state index in [0.29, 0.717) is 24.7 Å². The summed E-state index contributed by atoms with van der Waals surface area (Å²) in [6.07, 6.45) is 8.08. The Morgan fingerprint density at radius 3 is 2.54 bits per heavy atom. The van der Waals surface area contributed by atoms with Gasteiger partial charge in [-0.2, -0.15) is 0 Å². The van der Waals surface area contributed by atoms with Crippen LogP contribution in [-0.2, 0) is 17.7 Å². The second-order valence-corrected chi connectivity index (χ2v) is 7.15. The molecule has 3 heterocycles. The molecule has 0 bridgehead atoms. The molecule has 0 spiro atoms. The SMILES string of the molecule is COCCCNC(=O)c1nc(C(=O)N2CCCCCC2)n2c1CCCC2. The normalized spacial score (nSPS) is 17.5. The fourth-order valence-electron chi connectivity index (χ4n) is 3.81. The number of rotatable bonds is 6. The Bertz CT molecular complexity index is 633. The molecule has 7 nitrogen and oxygen atoms in total. The Hall–Kier alpha value is -1.89. The molecule has 26 heavy (non-hydrogen) atoms. The quantitative estimate of drug-likeness (QED) is 0.786. The minimum atomic E-state index is -0.179. The Labute approximate surface area is 155 Å². The number of hydrogen-bond donors (Lipinski definition) is 1. The van der Waals surface area contributed by atoms with E-state index in [1.54, 1.807) is 7.11 Å². The first kappa shape index (κ1) is 18.9. The van der Waals surface area contributed by atoms with Gasteiger partial charge in [0, 0.05) is 39.9 Å². The van der Waals surface area contributed by atoms with Gasteiger partial charge in [-0.3, -0.25) is 9.59 Å². The predicted octanol–water partition coefficient (Wildman–Crippen LogP) is 2.00. The number of likely N-dealkylation sites (tertiary alicyclic amines) is 1. The van der Waals surface area contributed by atoms with Crippen molar-refractivity contribution in [3.05, 3.63) is 17.2 Å². The number of imidazole rings is 1. The predicted molar refractivity (Wildman–Crippen MR) is 98.4 cm³/mol. The van der Waals surface area contributed by atoms with E-state index >= 15 is 0 Å². The molecule has 1 N–H and O–H groups in total. The molecular formula is C19H30N4O3. The van der Waals surface area contributed by atoms with Gasteiger partial charge in [0.15, 0.2) is 5.82 Å². The molecule has 0 radical (unpaired) electrons. The molecule has 1 fully saturated rings. The van der Waals surface area contributed by atoms with Gasteiger partial charge >= 0.3 is 0 Å². The minimum absolute atomic E-state index is 0.0199. The second kappa shape index (κ2) is 9.16. The van der Waals surface area contributed by atoms with Crippen LogP contribution in [0, 0.1) is 0 Å². The number of nitrogens with one attached hydrogen (secondary N) is 1. The van der Waals surface area contributed by atoms with Crippen molar-refractivity contribution in [2.45, 2.75) is 57.9 Å². The summed E-state index contributed by atoms with van der Waals surface area (Å²) >= 11 is 0. The lowest BCUT2D eigenvalue weighted by Gasteiger charge is -2.22. The third-order valence-electron chi connectivity index (χ3n) is 5.23. The highest BCUT2D eigenvalue weighted by molar-refractivity contribution is 5.97. The lowest BCUT2D eigenvalue weighted by molar-refractivity contribution is 0.0743. The van der Waals surface area contributed by atoms with Gasteiger partial charge in [0.1, 0.15) is 5.69 Å². The molecule has 0 aromatic carbocycles. The number of amides is 2. The van der Waals surface area contributed by atoms with Crippen LogP contribution in [0.1, 0.15) is 71.7 Å². The molecule has 144 valence electrons. The van der Waals surface area contributed by atoms with Gasteiger partial charge in [-0.15, -0.1) is 0 Å². The molecule has 0 unspecified atom stereocenters. The molecule has 1 saturated heterocycles. The zero-order valence-electron chi connectivity index (χ0n) is 15.8. The summed E-state index contributed by atoms with van der Waals surface area (Å²) in [7, 11) is 1.65. The zero-order chi connectivity index (χ0) is 18.4. The lowest BCUT2D eigenvalue weighted by atomic mass is 10.1. The summed E-state index contributed by atoms with van der Waals surface area (Å²) in [6.45, 7) is 3.52. The minimum Gasteiger partial charge on any atom is -0.385 e. The number of aromatic nitrogens is 2. The lowest BCUT2D eigenvalue weighted by Crippen LogP contribution is -2.34. The number of nitrogens with zero attached hydrogens (tertiary/aromatic N) is 3. The van der Waals surface area contributed by atoms with Crippen LogP contribution >= 0.6 is 0 Å². The second-order valence-electron chi connectivity index (χ2n) is 7.15. The largest absolute Gasteiger partial charge is 0.385 e. The van der Waals surface area contributed by atoms with Crippen LogP contribution in [0.2, 0.25) is 0 Å². The highest BCUT2D eigenvalue weighted by Crippen LogP contribution is 2.23. The fourth-order valence-corrected chi connectivity index (χ4v) is 3.81. The maximum absolute atomic E-state index is 13.1. The summed E-state index contributed by atoms with van der Waals surface area (Å²) in [5.41, 5.74) is 1.35. The monoisotopic (exact) mass is 362 g/mol. The number of fused-ring (bicyclic) bond motifs is 1. The van der Waals surface area contributed by atoms with Crippen molar-refractivity contribution in [3.63, 3.8) is 0 Å². The Balaban J connectivity index is 1.78. The molecule has 0 atom stereocenters. The first-order valence-electron chi connectivity index (χ1n) is 9.88. The standard InChI is InChI=1S/C19H30N4O3/c1-26-14-8-10-20-18(24)16-15-9-4-7-13-23(15)17(21-16)19(25)22-11-5-2-3-6-12-22/h2-14H2,1H3,(H,20,24). The topological polar surface area (TPSA) is 76.5 Å². The Morgan fingerprint density at radius 1 is 1.08 bits per heavy atom. The molecule has 2 amide bonds. The van der Waals surface area contributed by atoms with Crippen LogP contribution in [0.4, 0.5) is 0 Å². The van der Waals surface area contributed by atoms with Crippen LogP contribution in [0.15, 0.2) is 0 Å².